The van der Waals surface area contributed by atoms with Crippen molar-refractivity contribution in [2.75, 3.05) is 19.6 Å². The Balaban J connectivity index is 2.45. The molecule has 84 valence electrons. The van der Waals surface area contributed by atoms with Crippen molar-refractivity contribution in [2.45, 2.75) is 47.0 Å². The third-order valence-corrected chi connectivity index (χ3v) is 3.81. The lowest BCUT2D eigenvalue weighted by molar-refractivity contribution is 0.256. The fraction of sp³-hybridized carbons (Fsp3) is 1.00. The van der Waals surface area contributed by atoms with Gasteiger partial charge in [0.05, 0.1) is 0 Å². The number of likely N-dealkylation sites (tertiary alicyclic amines) is 1. The second-order valence-corrected chi connectivity index (χ2v) is 5.30. The molecule has 1 fully saturated rings. The van der Waals surface area contributed by atoms with Gasteiger partial charge >= 0.3 is 0 Å². The van der Waals surface area contributed by atoms with Gasteiger partial charge in [-0.25, -0.2) is 0 Å². The molecule has 1 aliphatic rings. The molecular weight excluding hydrogens is 170 g/mol. The molecule has 0 N–H and O–H groups in total. The van der Waals surface area contributed by atoms with Crippen LogP contribution in [0.3, 0.4) is 0 Å². The van der Waals surface area contributed by atoms with E-state index in [-0.39, 0.29) is 0 Å². The molecule has 0 aromatic carbocycles. The van der Waals surface area contributed by atoms with Crippen molar-refractivity contribution in [3.8, 4) is 0 Å². The predicted molar refractivity (Wildman–Crippen MR) is 63.5 cm³/mol. The van der Waals surface area contributed by atoms with Gasteiger partial charge in [0, 0.05) is 0 Å². The van der Waals surface area contributed by atoms with Crippen molar-refractivity contribution in [3.63, 3.8) is 0 Å². The van der Waals surface area contributed by atoms with Gasteiger partial charge in [-0.15, -0.1) is 0 Å². The summed E-state index contributed by atoms with van der Waals surface area (Å²) in [5, 5.41) is 0. The zero-order valence-electron chi connectivity index (χ0n) is 10.4. The van der Waals surface area contributed by atoms with E-state index in [1.165, 1.54) is 38.9 Å². The van der Waals surface area contributed by atoms with Crippen molar-refractivity contribution in [1.82, 2.24) is 4.90 Å². The van der Waals surface area contributed by atoms with Crippen LogP contribution in [0.5, 0.6) is 0 Å². The molecule has 0 aromatic heterocycles. The van der Waals surface area contributed by atoms with E-state index in [0.29, 0.717) is 0 Å². The fourth-order valence-electron chi connectivity index (χ4n) is 2.86. The largest absolute Gasteiger partial charge is 0.303 e. The minimum atomic E-state index is 0.867. The standard InChI is InChI=1S/C13H27N/c1-5-8-14-9-6-12(4)13(7-10-14)11(2)3/h11-13H,5-10H2,1-4H3/t12-,13-/m0/s1. The lowest BCUT2D eigenvalue weighted by atomic mass is 9.81. The summed E-state index contributed by atoms with van der Waals surface area (Å²) >= 11 is 0. The summed E-state index contributed by atoms with van der Waals surface area (Å²) in [6, 6.07) is 0. The van der Waals surface area contributed by atoms with E-state index in [4.69, 9.17) is 0 Å². The van der Waals surface area contributed by atoms with Crippen molar-refractivity contribution < 1.29 is 0 Å². The van der Waals surface area contributed by atoms with Gasteiger partial charge in [-0.05, 0) is 56.7 Å². The first-order valence-corrected chi connectivity index (χ1v) is 6.37. The van der Waals surface area contributed by atoms with Crippen LogP contribution in [0.1, 0.15) is 47.0 Å². The van der Waals surface area contributed by atoms with Gasteiger partial charge in [0.25, 0.3) is 0 Å². The molecule has 1 heterocycles. The van der Waals surface area contributed by atoms with E-state index in [1.54, 1.807) is 0 Å². The summed E-state index contributed by atoms with van der Waals surface area (Å²) in [6.45, 7) is 13.5. The molecule has 1 saturated heterocycles. The highest BCUT2D eigenvalue weighted by atomic mass is 15.1. The molecule has 1 nitrogen and oxygen atoms in total. The summed E-state index contributed by atoms with van der Waals surface area (Å²) in [5.41, 5.74) is 0. The van der Waals surface area contributed by atoms with Gasteiger partial charge in [0.1, 0.15) is 0 Å². The Hall–Kier alpha value is -0.0400. The zero-order chi connectivity index (χ0) is 10.6. The predicted octanol–water partition coefficient (Wildman–Crippen LogP) is 3.40. The molecule has 0 saturated carbocycles. The van der Waals surface area contributed by atoms with Crippen LogP contribution in [0.4, 0.5) is 0 Å². The molecule has 1 heteroatoms. The molecule has 2 atom stereocenters. The topological polar surface area (TPSA) is 3.24 Å². The van der Waals surface area contributed by atoms with Gasteiger partial charge in [0.2, 0.25) is 0 Å². The first-order valence-electron chi connectivity index (χ1n) is 6.37. The van der Waals surface area contributed by atoms with Crippen LogP contribution in [0.2, 0.25) is 0 Å². The first kappa shape index (κ1) is 12.0. The van der Waals surface area contributed by atoms with Crippen molar-refractivity contribution in [1.29, 1.82) is 0 Å². The second kappa shape index (κ2) is 5.75. The average Bonchev–Trinajstić information content (AvgIpc) is 2.29. The Labute approximate surface area is 89.9 Å². The maximum absolute atomic E-state index is 2.65. The molecule has 0 spiro atoms. The molecule has 14 heavy (non-hydrogen) atoms. The summed E-state index contributed by atoms with van der Waals surface area (Å²) in [5.74, 6) is 2.75. The Morgan fingerprint density at radius 1 is 1.21 bits per heavy atom. The van der Waals surface area contributed by atoms with Gasteiger partial charge in [0.15, 0.2) is 0 Å². The SMILES string of the molecule is CCCN1CC[C@H](C)[C@H](C(C)C)CC1. The zero-order valence-corrected chi connectivity index (χ0v) is 10.4. The van der Waals surface area contributed by atoms with E-state index in [0.717, 1.165) is 17.8 Å². The molecular formula is C13H27N. The van der Waals surface area contributed by atoms with Crippen LogP contribution in [0.15, 0.2) is 0 Å². The smallest absolute Gasteiger partial charge is 0.00159 e. The van der Waals surface area contributed by atoms with Gasteiger partial charge in [-0.2, -0.15) is 0 Å². The van der Waals surface area contributed by atoms with Gasteiger partial charge in [-0.1, -0.05) is 27.7 Å². The number of hydrogen-bond acceptors (Lipinski definition) is 1. The average molecular weight is 197 g/mol. The molecule has 1 rings (SSSR count). The van der Waals surface area contributed by atoms with Crippen LogP contribution in [0.25, 0.3) is 0 Å². The van der Waals surface area contributed by atoms with E-state index in [9.17, 15) is 0 Å². The first-order chi connectivity index (χ1) is 6.65. The monoisotopic (exact) mass is 197 g/mol. The highest BCUT2D eigenvalue weighted by Crippen LogP contribution is 2.29. The molecule has 1 aliphatic heterocycles. The summed E-state index contributed by atoms with van der Waals surface area (Å²) < 4.78 is 0. The maximum Gasteiger partial charge on any atom is -0.00159 e. The molecule has 0 unspecified atom stereocenters. The molecule has 0 aliphatic carbocycles. The highest BCUT2D eigenvalue weighted by molar-refractivity contribution is 4.76. The van der Waals surface area contributed by atoms with E-state index in [1.807, 2.05) is 0 Å². The number of nitrogens with zero attached hydrogens (tertiary/aromatic N) is 1. The van der Waals surface area contributed by atoms with Gasteiger partial charge in [-0.3, -0.25) is 0 Å². The number of rotatable bonds is 3. The Morgan fingerprint density at radius 2 is 1.86 bits per heavy atom. The maximum atomic E-state index is 2.65. The Bertz CT molecular complexity index is 153. The summed E-state index contributed by atoms with van der Waals surface area (Å²) in [7, 11) is 0. The number of hydrogen-bond donors (Lipinski definition) is 0. The van der Waals surface area contributed by atoms with Gasteiger partial charge < -0.3 is 4.90 Å². The van der Waals surface area contributed by atoms with Crippen molar-refractivity contribution in [3.05, 3.63) is 0 Å². The van der Waals surface area contributed by atoms with E-state index < -0.39 is 0 Å². The molecule has 0 radical (unpaired) electrons. The minimum absolute atomic E-state index is 0.867. The summed E-state index contributed by atoms with van der Waals surface area (Å²) in [6.07, 6.45) is 4.13. The lowest BCUT2D eigenvalue weighted by Crippen LogP contribution is -2.25. The highest BCUT2D eigenvalue weighted by Gasteiger charge is 2.24. The molecule has 0 amide bonds. The lowest BCUT2D eigenvalue weighted by Gasteiger charge is -2.24. The van der Waals surface area contributed by atoms with Crippen LogP contribution in [-0.2, 0) is 0 Å². The molecule has 0 aromatic rings. The van der Waals surface area contributed by atoms with E-state index >= 15 is 0 Å². The van der Waals surface area contributed by atoms with Crippen LogP contribution in [0, 0.1) is 17.8 Å². The van der Waals surface area contributed by atoms with Crippen LogP contribution >= 0.6 is 0 Å². The normalized spacial score (nSPS) is 30.6. The van der Waals surface area contributed by atoms with Crippen molar-refractivity contribution in [2.24, 2.45) is 17.8 Å². The molecule has 0 bridgehead atoms. The second-order valence-electron chi connectivity index (χ2n) is 5.30. The fourth-order valence-corrected chi connectivity index (χ4v) is 2.86. The van der Waals surface area contributed by atoms with Crippen LogP contribution < -0.4 is 0 Å². The Morgan fingerprint density at radius 3 is 2.43 bits per heavy atom. The third-order valence-electron chi connectivity index (χ3n) is 3.81. The Kier molecular flexibility index (Phi) is 4.94. The van der Waals surface area contributed by atoms with Crippen molar-refractivity contribution >= 4 is 0 Å². The van der Waals surface area contributed by atoms with E-state index in [2.05, 4.69) is 32.6 Å². The van der Waals surface area contributed by atoms with Crippen LogP contribution in [-0.4, -0.2) is 24.5 Å². The minimum Gasteiger partial charge on any atom is -0.303 e. The third kappa shape index (κ3) is 3.27. The summed E-state index contributed by atoms with van der Waals surface area (Å²) in [4.78, 5) is 2.65. The quantitative estimate of drug-likeness (QED) is 0.670.